The van der Waals surface area contributed by atoms with Crippen LogP contribution in [0.5, 0.6) is 0 Å². The van der Waals surface area contributed by atoms with Crippen LogP contribution >= 0.6 is 12.4 Å². The molecule has 0 bridgehead atoms. The van der Waals surface area contributed by atoms with Crippen LogP contribution in [0.1, 0.15) is 43.1 Å². The number of hydrogen-bond acceptors (Lipinski definition) is 4. The van der Waals surface area contributed by atoms with Crippen LogP contribution in [0, 0.1) is 11.8 Å². The van der Waals surface area contributed by atoms with Crippen molar-refractivity contribution in [2.45, 2.75) is 31.6 Å². The third kappa shape index (κ3) is 4.72. The summed E-state index contributed by atoms with van der Waals surface area (Å²) in [5.74, 6) is 3.99. The first-order valence-corrected chi connectivity index (χ1v) is 8.27. The summed E-state index contributed by atoms with van der Waals surface area (Å²) in [6.07, 6.45) is 2.15. The number of carbonyl (C=O) groups is 1. The molecule has 4 unspecified atom stereocenters. The van der Waals surface area contributed by atoms with Gasteiger partial charge in [0.15, 0.2) is 0 Å². The van der Waals surface area contributed by atoms with Crippen molar-refractivity contribution in [2.24, 2.45) is 11.8 Å². The lowest BCUT2D eigenvalue weighted by molar-refractivity contribution is -0.122. The van der Waals surface area contributed by atoms with E-state index < -0.39 is 0 Å². The van der Waals surface area contributed by atoms with E-state index in [1.54, 1.807) is 7.11 Å². The van der Waals surface area contributed by atoms with Gasteiger partial charge in [-0.25, -0.2) is 0 Å². The Hall–Kier alpha value is -1.04. The Morgan fingerprint density at radius 1 is 1.22 bits per heavy atom. The van der Waals surface area contributed by atoms with Crippen LogP contribution in [0.4, 0.5) is 0 Å². The largest absolute Gasteiger partial charge is 0.465 e. The molecule has 5 nitrogen and oxygen atoms in total. The molecule has 6 heteroatoms. The average molecular weight is 343 g/mol. The molecular formula is C17H27ClN2O3. The number of halogens is 1. The maximum absolute atomic E-state index is 12.1. The smallest absolute Gasteiger partial charge is 0.223 e. The molecule has 1 amide bonds. The lowest BCUT2D eigenvalue weighted by atomic mass is 10.2. The summed E-state index contributed by atoms with van der Waals surface area (Å²) in [6.45, 7) is 5.19. The summed E-state index contributed by atoms with van der Waals surface area (Å²) in [4.78, 5) is 12.1. The Kier molecular flexibility index (Phi) is 6.50. The van der Waals surface area contributed by atoms with Gasteiger partial charge in [0.1, 0.15) is 11.5 Å². The van der Waals surface area contributed by atoms with Crippen LogP contribution in [-0.2, 0) is 9.53 Å². The molecule has 2 aliphatic rings. The second-order valence-electron chi connectivity index (χ2n) is 6.54. The third-order valence-electron chi connectivity index (χ3n) is 4.70. The van der Waals surface area contributed by atoms with Crippen LogP contribution in [0.15, 0.2) is 16.5 Å². The van der Waals surface area contributed by atoms with Crippen molar-refractivity contribution in [2.75, 3.05) is 33.4 Å². The molecule has 0 radical (unpaired) electrons. The van der Waals surface area contributed by atoms with Gasteiger partial charge in [0, 0.05) is 44.5 Å². The molecule has 1 aromatic rings. The van der Waals surface area contributed by atoms with Crippen LogP contribution in [-0.4, -0.2) is 39.3 Å². The van der Waals surface area contributed by atoms with Gasteiger partial charge in [0.25, 0.3) is 0 Å². The zero-order valence-corrected chi connectivity index (χ0v) is 14.7. The highest BCUT2D eigenvalue weighted by molar-refractivity contribution is 5.85. The molecule has 4 atom stereocenters. The molecule has 2 fully saturated rings. The third-order valence-corrected chi connectivity index (χ3v) is 4.70. The summed E-state index contributed by atoms with van der Waals surface area (Å²) in [5.41, 5.74) is 0. The monoisotopic (exact) mass is 342 g/mol. The number of amides is 1. The van der Waals surface area contributed by atoms with E-state index in [1.807, 2.05) is 0 Å². The van der Waals surface area contributed by atoms with Crippen molar-refractivity contribution in [3.05, 3.63) is 23.7 Å². The first-order chi connectivity index (χ1) is 10.7. The molecule has 0 spiro atoms. The molecule has 2 N–H and O–H groups in total. The fraction of sp³-hybridized carbons (Fsp3) is 0.706. The first-order valence-electron chi connectivity index (χ1n) is 8.27. The summed E-state index contributed by atoms with van der Waals surface area (Å²) < 4.78 is 10.9. The van der Waals surface area contributed by atoms with Crippen molar-refractivity contribution in [3.8, 4) is 0 Å². The van der Waals surface area contributed by atoms with E-state index in [-0.39, 0.29) is 30.2 Å². The summed E-state index contributed by atoms with van der Waals surface area (Å²) in [6, 6.07) is 4.15. The average Bonchev–Trinajstić information content (AvgIpc) is 3.41. The van der Waals surface area contributed by atoms with Gasteiger partial charge >= 0.3 is 0 Å². The lowest BCUT2D eigenvalue weighted by Crippen LogP contribution is -2.34. The second kappa shape index (κ2) is 8.18. The van der Waals surface area contributed by atoms with Crippen molar-refractivity contribution >= 4 is 18.3 Å². The number of rotatable bonds is 9. The van der Waals surface area contributed by atoms with Crippen molar-refractivity contribution < 1.29 is 13.9 Å². The number of furan rings is 1. The van der Waals surface area contributed by atoms with Crippen LogP contribution < -0.4 is 10.6 Å². The minimum absolute atomic E-state index is 0. The zero-order chi connectivity index (χ0) is 15.5. The highest BCUT2D eigenvalue weighted by atomic mass is 35.5. The van der Waals surface area contributed by atoms with Crippen LogP contribution in [0.25, 0.3) is 0 Å². The van der Waals surface area contributed by atoms with Gasteiger partial charge in [-0.2, -0.15) is 0 Å². The van der Waals surface area contributed by atoms with Gasteiger partial charge in [0.05, 0.1) is 6.61 Å². The van der Waals surface area contributed by atoms with E-state index in [1.165, 1.54) is 6.42 Å². The van der Waals surface area contributed by atoms with E-state index in [2.05, 4.69) is 29.7 Å². The maximum atomic E-state index is 12.1. The fourth-order valence-electron chi connectivity index (χ4n) is 2.99. The highest BCUT2D eigenvalue weighted by Crippen LogP contribution is 2.51. The molecule has 1 heterocycles. The van der Waals surface area contributed by atoms with Gasteiger partial charge in [0.2, 0.25) is 5.91 Å². The minimum atomic E-state index is 0. The minimum Gasteiger partial charge on any atom is -0.465 e. The Bertz CT molecular complexity index is 520. The van der Waals surface area contributed by atoms with Gasteiger partial charge < -0.3 is 19.8 Å². The molecule has 3 rings (SSSR count). The Morgan fingerprint density at radius 3 is 2.57 bits per heavy atom. The summed E-state index contributed by atoms with van der Waals surface area (Å²) in [7, 11) is 1.68. The van der Waals surface area contributed by atoms with E-state index in [4.69, 9.17) is 9.15 Å². The zero-order valence-electron chi connectivity index (χ0n) is 13.8. The molecule has 2 aliphatic carbocycles. The molecule has 130 valence electrons. The van der Waals surface area contributed by atoms with Gasteiger partial charge in [-0.05, 0) is 30.9 Å². The van der Waals surface area contributed by atoms with Crippen molar-refractivity contribution in [1.82, 2.24) is 10.6 Å². The Morgan fingerprint density at radius 2 is 1.91 bits per heavy atom. The molecule has 0 aromatic carbocycles. The quantitative estimate of drug-likeness (QED) is 0.676. The topological polar surface area (TPSA) is 63.5 Å². The SMILES string of the molecule is COCCNCCNC(=O)C1CC1c1ccc(C2CC2C)o1.Cl. The van der Waals surface area contributed by atoms with Gasteiger partial charge in [-0.1, -0.05) is 6.92 Å². The van der Waals surface area contributed by atoms with E-state index >= 15 is 0 Å². The van der Waals surface area contributed by atoms with E-state index in [0.29, 0.717) is 19.1 Å². The highest BCUT2D eigenvalue weighted by Gasteiger charge is 2.46. The van der Waals surface area contributed by atoms with E-state index in [0.717, 1.165) is 36.9 Å². The number of nitrogens with one attached hydrogen (secondary N) is 2. The predicted molar refractivity (Wildman–Crippen MR) is 91.1 cm³/mol. The number of methoxy groups -OCH3 is 1. The Labute approximate surface area is 143 Å². The Balaban J connectivity index is 0.00000192. The van der Waals surface area contributed by atoms with Crippen molar-refractivity contribution in [1.29, 1.82) is 0 Å². The predicted octanol–water partition coefficient (Wildman–Crippen LogP) is 2.28. The molecule has 1 aromatic heterocycles. The molecule has 0 saturated heterocycles. The standard InChI is InChI=1S/C17H26N2O3.ClH/c1-11-9-12(11)15-3-4-16(22-15)13-10-14(13)17(20)19-6-5-18-7-8-21-2;/h3-4,11-14,18H,5-10H2,1-2H3,(H,19,20);1H. The van der Waals surface area contributed by atoms with Gasteiger partial charge in [-0.15, -0.1) is 12.4 Å². The first kappa shape index (κ1) is 18.3. The molecule has 0 aliphatic heterocycles. The molecule has 2 saturated carbocycles. The number of ether oxygens (including phenoxy) is 1. The lowest BCUT2D eigenvalue weighted by Gasteiger charge is -2.06. The normalized spacial score (nSPS) is 28.1. The summed E-state index contributed by atoms with van der Waals surface area (Å²) >= 11 is 0. The second-order valence-corrected chi connectivity index (χ2v) is 6.54. The van der Waals surface area contributed by atoms with E-state index in [9.17, 15) is 4.79 Å². The number of hydrogen-bond donors (Lipinski definition) is 2. The van der Waals surface area contributed by atoms with Crippen LogP contribution in [0.2, 0.25) is 0 Å². The maximum Gasteiger partial charge on any atom is 0.223 e. The number of carbonyl (C=O) groups excluding carboxylic acids is 1. The molecule has 23 heavy (non-hydrogen) atoms. The summed E-state index contributed by atoms with van der Waals surface area (Å²) in [5, 5.41) is 6.20. The molecular weight excluding hydrogens is 316 g/mol. The van der Waals surface area contributed by atoms with Crippen molar-refractivity contribution in [3.63, 3.8) is 0 Å². The fourth-order valence-corrected chi connectivity index (χ4v) is 2.99. The van der Waals surface area contributed by atoms with Gasteiger partial charge in [-0.3, -0.25) is 4.79 Å². The van der Waals surface area contributed by atoms with Crippen LogP contribution in [0.3, 0.4) is 0 Å².